The molecule has 0 bridgehead atoms. The predicted molar refractivity (Wildman–Crippen MR) is 76.4 cm³/mol. The number of rotatable bonds is 2. The maximum Gasteiger partial charge on any atom is 0.254 e. The standard InChI is InChI=1S/C14H18ClN3O/c15-12-4-1-10(9-13(12)16)14(19)18-7-5-17(6-8-18)11-2-3-11/h1,4,9,11H,2-3,5-8,16H2. The van der Waals surface area contributed by atoms with Crippen LogP contribution in [-0.2, 0) is 0 Å². The van der Waals surface area contributed by atoms with E-state index < -0.39 is 0 Å². The summed E-state index contributed by atoms with van der Waals surface area (Å²) in [5.74, 6) is 0.0545. The summed E-state index contributed by atoms with van der Waals surface area (Å²) >= 11 is 5.88. The largest absolute Gasteiger partial charge is 0.398 e. The van der Waals surface area contributed by atoms with Gasteiger partial charge in [-0.05, 0) is 31.0 Å². The second-order valence-electron chi connectivity index (χ2n) is 5.30. The van der Waals surface area contributed by atoms with Crippen LogP contribution < -0.4 is 5.73 Å². The van der Waals surface area contributed by atoms with Crippen molar-refractivity contribution in [2.45, 2.75) is 18.9 Å². The molecule has 0 spiro atoms. The Balaban J connectivity index is 1.65. The first-order valence-corrected chi connectivity index (χ1v) is 7.11. The van der Waals surface area contributed by atoms with Gasteiger partial charge in [-0.1, -0.05) is 11.6 Å². The molecule has 1 aliphatic carbocycles. The average Bonchev–Trinajstić information content (AvgIpc) is 3.26. The quantitative estimate of drug-likeness (QED) is 0.841. The lowest BCUT2D eigenvalue weighted by atomic mass is 10.1. The molecule has 0 radical (unpaired) electrons. The third-order valence-corrected chi connectivity index (χ3v) is 4.25. The molecule has 1 aromatic carbocycles. The van der Waals surface area contributed by atoms with E-state index in [9.17, 15) is 4.79 Å². The lowest BCUT2D eigenvalue weighted by molar-refractivity contribution is 0.0627. The van der Waals surface area contributed by atoms with Gasteiger partial charge < -0.3 is 10.6 Å². The zero-order chi connectivity index (χ0) is 13.4. The van der Waals surface area contributed by atoms with Crippen LogP contribution in [0, 0.1) is 0 Å². The van der Waals surface area contributed by atoms with Gasteiger partial charge in [-0.25, -0.2) is 0 Å². The molecule has 5 heteroatoms. The van der Waals surface area contributed by atoms with Crippen molar-refractivity contribution in [1.29, 1.82) is 0 Å². The number of carbonyl (C=O) groups is 1. The summed E-state index contributed by atoms with van der Waals surface area (Å²) in [6.07, 6.45) is 2.64. The third-order valence-electron chi connectivity index (χ3n) is 3.91. The lowest BCUT2D eigenvalue weighted by Gasteiger charge is -2.34. The van der Waals surface area contributed by atoms with Crippen molar-refractivity contribution >= 4 is 23.2 Å². The molecule has 2 N–H and O–H groups in total. The summed E-state index contributed by atoms with van der Waals surface area (Å²) in [7, 11) is 0. The fourth-order valence-corrected chi connectivity index (χ4v) is 2.71. The minimum atomic E-state index is 0.0545. The van der Waals surface area contributed by atoms with Gasteiger partial charge in [0.25, 0.3) is 5.91 Å². The molecular weight excluding hydrogens is 262 g/mol. The van der Waals surface area contributed by atoms with Crippen LogP contribution in [0.4, 0.5) is 5.69 Å². The molecule has 1 saturated heterocycles. The van der Waals surface area contributed by atoms with Crippen molar-refractivity contribution in [3.63, 3.8) is 0 Å². The summed E-state index contributed by atoms with van der Waals surface area (Å²) in [5, 5.41) is 0.495. The van der Waals surface area contributed by atoms with Crippen molar-refractivity contribution in [2.24, 2.45) is 0 Å². The number of anilines is 1. The van der Waals surface area contributed by atoms with E-state index in [1.807, 2.05) is 4.90 Å². The molecule has 0 unspecified atom stereocenters. The summed E-state index contributed by atoms with van der Waals surface area (Å²) < 4.78 is 0. The minimum Gasteiger partial charge on any atom is -0.398 e. The molecule has 0 aromatic heterocycles. The van der Waals surface area contributed by atoms with Gasteiger partial charge in [0.1, 0.15) is 0 Å². The molecule has 19 heavy (non-hydrogen) atoms. The average molecular weight is 280 g/mol. The van der Waals surface area contributed by atoms with Crippen LogP contribution in [0.5, 0.6) is 0 Å². The van der Waals surface area contributed by atoms with E-state index in [0.717, 1.165) is 32.2 Å². The van der Waals surface area contributed by atoms with Gasteiger partial charge in [-0.3, -0.25) is 9.69 Å². The first-order valence-electron chi connectivity index (χ1n) is 6.73. The van der Waals surface area contributed by atoms with Crippen molar-refractivity contribution in [2.75, 3.05) is 31.9 Å². The van der Waals surface area contributed by atoms with Crippen LogP contribution in [0.1, 0.15) is 23.2 Å². The molecule has 4 nitrogen and oxygen atoms in total. The number of nitrogens with zero attached hydrogens (tertiary/aromatic N) is 2. The monoisotopic (exact) mass is 279 g/mol. The Kier molecular flexibility index (Phi) is 3.37. The van der Waals surface area contributed by atoms with E-state index in [0.29, 0.717) is 16.3 Å². The Morgan fingerprint density at radius 3 is 2.47 bits per heavy atom. The second-order valence-corrected chi connectivity index (χ2v) is 5.70. The highest BCUT2D eigenvalue weighted by Crippen LogP contribution is 2.28. The van der Waals surface area contributed by atoms with E-state index in [4.69, 9.17) is 17.3 Å². The Morgan fingerprint density at radius 1 is 1.21 bits per heavy atom. The number of nitrogen functional groups attached to an aromatic ring is 1. The molecule has 1 aromatic rings. The number of piperazine rings is 1. The number of benzene rings is 1. The van der Waals surface area contributed by atoms with Crippen LogP contribution in [0.25, 0.3) is 0 Å². The molecule has 0 atom stereocenters. The third kappa shape index (κ3) is 2.69. The number of hydrogen-bond acceptors (Lipinski definition) is 3. The van der Waals surface area contributed by atoms with E-state index in [1.54, 1.807) is 18.2 Å². The van der Waals surface area contributed by atoms with Crippen molar-refractivity contribution < 1.29 is 4.79 Å². The Bertz CT molecular complexity index is 493. The summed E-state index contributed by atoms with van der Waals surface area (Å²) in [5.41, 5.74) is 6.84. The van der Waals surface area contributed by atoms with Gasteiger partial charge >= 0.3 is 0 Å². The topological polar surface area (TPSA) is 49.6 Å². The van der Waals surface area contributed by atoms with Crippen molar-refractivity contribution in [1.82, 2.24) is 9.80 Å². The van der Waals surface area contributed by atoms with Gasteiger partial charge in [-0.2, -0.15) is 0 Å². The fourth-order valence-electron chi connectivity index (χ4n) is 2.59. The SMILES string of the molecule is Nc1cc(C(=O)N2CCN(C3CC3)CC2)ccc1Cl. The number of halogens is 1. The smallest absolute Gasteiger partial charge is 0.254 e. The van der Waals surface area contributed by atoms with Crippen LogP contribution in [-0.4, -0.2) is 47.9 Å². The molecule has 2 fully saturated rings. The molecular formula is C14H18ClN3O. The zero-order valence-electron chi connectivity index (χ0n) is 10.8. The van der Waals surface area contributed by atoms with Gasteiger partial charge in [0.15, 0.2) is 0 Å². The van der Waals surface area contributed by atoms with E-state index >= 15 is 0 Å². The van der Waals surface area contributed by atoms with Gasteiger partial charge in [0.05, 0.1) is 10.7 Å². The Morgan fingerprint density at radius 2 is 1.89 bits per heavy atom. The van der Waals surface area contributed by atoms with Crippen molar-refractivity contribution in [3.8, 4) is 0 Å². The van der Waals surface area contributed by atoms with Crippen LogP contribution >= 0.6 is 11.6 Å². The number of nitrogens with two attached hydrogens (primary N) is 1. The summed E-state index contributed by atoms with van der Waals surface area (Å²) in [4.78, 5) is 16.8. The Labute approximate surface area is 118 Å². The molecule has 2 aliphatic rings. The lowest BCUT2D eigenvalue weighted by Crippen LogP contribution is -2.49. The molecule has 1 saturated carbocycles. The highest BCUT2D eigenvalue weighted by molar-refractivity contribution is 6.33. The second kappa shape index (κ2) is 5.02. The van der Waals surface area contributed by atoms with E-state index in [2.05, 4.69) is 4.90 Å². The van der Waals surface area contributed by atoms with Crippen LogP contribution in [0.3, 0.4) is 0 Å². The molecule has 1 heterocycles. The fraction of sp³-hybridized carbons (Fsp3) is 0.500. The van der Waals surface area contributed by atoms with E-state index in [1.165, 1.54) is 12.8 Å². The molecule has 1 aliphatic heterocycles. The Hall–Kier alpha value is -1.26. The first kappa shape index (κ1) is 12.8. The minimum absolute atomic E-state index is 0.0545. The maximum absolute atomic E-state index is 12.4. The maximum atomic E-state index is 12.4. The number of amides is 1. The number of hydrogen-bond donors (Lipinski definition) is 1. The van der Waals surface area contributed by atoms with Crippen LogP contribution in [0.2, 0.25) is 5.02 Å². The number of carbonyl (C=O) groups excluding carboxylic acids is 1. The molecule has 3 rings (SSSR count). The van der Waals surface area contributed by atoms with Crippen molar-refractivity contribution in [3.05, 3.63) is 28.8 Å². The normalized spacial score (nSPS) is 20.6. The molecule has 102 valence electrons. The summed E-state index contributed by atoms with van der Waals surface area (Å²) in [6, 6.07) is 5.87. The highest BCUT2D eigenvalue weighted by atomic mass is 35.5. The first-order chi connectivity index (χ1) is 9.15. The summed E-state index contributed by atoms with van der Waals surface area (Å²) in [6.45, 7) is 3.58. The molecule has 1 amide bonds. The highest BCUT2D eigenvalue weighted by Gasteiger charge is 2.32. The van der Waals surface area contributed by atoms with Gasteiger partial charge in [0.2, 0.25) is 0 Å². The van der Waals surface area contributed by atoms with Crippen LogP contribution in [0.15, 0.2) is 18.2 Å². The van der Waals surface area contributed by atoms with Gasteiger partial charge in [-0.15, -0.1) is 0 Å². The zero-order valence-corrected chi connectivity index (χ0v) is 11.6. The predicted octanol–water partition coefficient (Wildman–Crippen LogP) is 1.84. The van der Waals surface area contributed by atoms with Gasteiger partial charge in [0, 0.05) is 37.8 Å². The van der Waals surface area contributed by atoms with E-state index in [-0.39, 0.29) is 5.91 Å².